The number of amides is 1. The van der Waals surface area contributed by atoms with Crippen molar-refractivity contribution in [3.05, 3.63) is 59.4 Å². The van der Waals surface area contributed by atoms with Crippen molar-refractivity contribution in [2.45, 2.75) is 45.1 Å². The molecular weight excluding hydrogens is 394 g/mol. The average molecular weight is 424 g/mol. The van der Waals surface area contributed by atoms with Crippen molar-refractivity contribution in [2.24, 2.45) is 0 Å². The molecule has 0 fully saturated rings. The molecule has 0 aliphatic carbocycles. The van der Waals surface area contributed by atoms with Crippen LogP contribution in [0.15, 0.2) is 42.5 Å². The molecule has 0 N–H and O–H groups in total. The Balaban J connectivity index is 1.85. The molecule has 1 amide bonds. The highest BCUT2D eigenvalue weighted by Crippen LogP contribution is 2.36. The maximum atomic E-state index is 12.5. The van der Waals surface area contributed by atoms with Crippen molar-refractivity contribution < 1.29 is 19.0 Å². The molecular formula is C24H29N3O4. The number of carbonyl (C=O) groups excluding carboxylic acids is 1. The van der Waals surface area contributed by atoms with E-state index in [2.05, 4.69) is 16.7 Å². The number of nitrogens with zero attached hydrogens (tertiary/aromatic N) is 3. The molecule has 1 aliphatic heterocycles. The van der Waals surface area contributed by atoms with Gasteiger partial charge in [-0.1, -0.05) is 30.3 Å². The Morgan fingerprint density at radius 1 is 1.13 bits per heavy atom. The number of fused-ring (bicyclic) bond motifs is 3. The van der Waals surface area contributed by atoms with Crippen molar-refractivity contribution in [1.29, 1.82) is 0 Å². The monoisotopic (exact) mass is 423 g/mol. The molecule has 1 aromatic heterocycles. The Morgan fingerprint density at radius 3 is 2.55 bits per heavy atom. The molecule has 0 radical (unpaired) electrons. The molecule has 0 saturated carbocycles. The number of aromatic nitrogens is 2. The number of carbonyl (C=O) groups is 1. The van der Waals surface area contributed by atoms with Crippen LogP contribution in [-0.4, -0.2) is 49.3 Å². The lowest BCUT2D eigenvalue weighted by atomic mass is 9.96. The van der Waals surface area contributed by atoms with Gasteiger partial charge in [0.15, 0.2) is 6.29 Å². The predicted octanol–water partition coefficient (Wildman–Crippen LogP) is 4.15. The summed E-state index contributed by atoms with van der Waals surface area (Å²) in [6, 6.07) is 14.4. The molecule has 0 spiro atoms. The lowest BCUT2D eigenvalue weighted by Crippen LogP contribution is -2.42. The Kier molecular flexibility index (Phi) is 6.25. The number of benzene rings is 2. The summed E-state index contributed by atoms with van der Waals surface area (Å²) in [5.41, 5.74) is 5.09. The summed E-state index contributed by atoms with van der Waals surface area (Å²) >= 11 is 0. The molecule has 1 unspecified atom stereocenters. The van der Waals surface area contributed by atoms with Crippen LogP contribution >= 0.6 is 0 Å². The van der Waals surface area contributed by atoms with E-state index in [1.54, 1.807) is 19.1 Å². The smallest absolute Gasteiger partial charge is 0.414 e. The van der Waals surface area contributed by atoms with Gasteiger partial charge in [-0.05, 0) is 37.5 Å². The van der Waals surface area contributed by atoms with Crippen LogP contribution < -0.4 is 4.90 Å². The van der Waals surface area contributed by atoms with Crippen molar-refractivity contribution in [1.82, 2.24) is 9.55 Å². The van der Waals surface area contributed by atoms with E-state index < -0.39 is 0 Å². The third-order valence-corrected chi connectivity index (χ3v) is 6.03. The van der Waals surface area contributed by atoms with Gasteiger partial charge in [-0.3, -0.25) is 4.90 Å². The summed E-state index contributed by atoms with van der Waals surface area (Å²) < 4.78 is 18.2. The van der Waals surface area contributed by atoms with Crippen LogP contribution in [0.5, 0.6) is 0 Å². The number of anilines is 1. The van der Waals surface area contributed by atoms with Crippen molar-refractivity contribution in [3.8, 4) is 0 Å². The number of aryl methyl sites for hydroxylation is 1. The summed E-state index contributed by atoms with van der Waals surface area (Å²) in [7, 11) is 4.70. The molecule has 2 aromatic carbocycles. The fraction of sp³-hybridized carbons (Fsp3) is 0.417. The van der Waals surface area contributed by atoms with E-state index in [0.29, 0.717) is 13.0 Å². The second-order valence-electron chi connectivity index (χ2n) is 7.86. The van der Waals surface area contributed by atoms with Gasteiger partial charge in [-0.2, -0.15) is 0 Å². The second-order valence-corrected chi connectivity index (χ2v) is 7.86. The number of ether oxygens (including phenoxy) is 3. The van der Waals surface area contributed by atoms with Crippen LogP contribution in [0.25, 0.3) is 11.0 Å². The maximum Gasteiger partial charge on any atom is 0.414 e. The fourth-order valence-electron chi connectivity index (χ4n) is 4.36. The average Bonchev–Trinajstić information content (AvgIpc) is 3.14. The van der Waals surface area contributed by atoms with Gasteiger partial charge in [0.1, 0.15) is 5.82 Å². The highest BCUT2D eigenvalue weighted by molar-refractivity contribution is 5.95. The van der Waals surface area contributed by atoms with E-state index in [-0.39, 0.29) is 18.4 Å². The van der Waals surface area contributed by atoms with Crippen LogP contribution in [0.2, 0.25) is 0 Å². The predicted molar refractivity (Wildman–Crippen MR) is 119 cm³/mol. The van der Waals surface area contributed by atoms with Gasteiger partial charge in [-0.15, -0.1) is 0 Å². The molecule has 1 atom stereocenters. The lowest BCUT2D eigenvalue weighted by molar-refractivity contribution is -0.110. The molecule has 2 heterocycles. The standard InChI is InChI=1S/C24H29N3O4/c1-16-10-11-18-19(27(16)24(28)31-4)12-13-20-23(18)25-21(14-17-8-6-5-7-9-17)26(20)15-22(29-2)30-3/h5-9,12-13,16,22H,10-11,14-15H2,1-4H3. The quantitative estimate of drug-likeness (QED) is 0.557. The first-order valence-corrected chi connectivity index (χ1v) is 10.5. The number of hydrogen-bond acceptors (Lipinski definition) is 5. The Hall–Kier alpha value is -2.90. The Labute approximate surface area is 182 Å². The zero-order valence-electron chi connectivity index (χ0n) is 18.5. The summed E-state index contributed by atoms with van der Waals surface area (Å²) in [4.78, 5) is 19.3. The minimum absolute atomic E-state index is 0.0784. The van der Waals surface area contributed by atoms with Gasteiger partial charge in [0.25, 0.3) is 0 Å². The fourth-order valence-corrected chi connectivity index (χ4v) is 4.36. The molecule has 164 valence electrons. The van der Waals surface area contributed by atoms with Crippen LogP contribution in [0.3, 0.4) is 0 Å². The molecule has 7 nitrogen and oxygen atoms in total. The van der Waals surface area contributed by atoms with E-state index in [1.807, 2.05) is 37.3 Å². The van der Waals surface area contributed by atoms with E-state index in [0.717, 1.165) is 41.0 Å². The molecule has 0 saturated heterocycles. The zero-order valence-corrected chi connectivity index (χ0v) is 18.5. The molecule has 7 heteroatoms. The highest BCUT2D eigenvalue weighted by atomic mass is 16.7. The van der Waals surface area contributed by atoms with Crippen molar-refractivity contribution >= 4 is 22.8 Å². The van der Waals surface area contributed by atoms with Crippen molar-refractivity contribution in [2.75, 3.05) is 26.2 Å². The van der Waals surface area contributed by atoms with Crippen LogP contribution in [0.1, 0.15) is 30.3 Å². The zero-order chi connectivity index (χ0) is 22.0. The second kappa shape index (κ2) is 9.08. The SMILES string of the molecule is COC(=O)N1c2ccc3c(nc(Cc4ccccc4)n3CC(OC)OC)c2CCC1C. The minimum atomic E-state index is -0.380. The Bertz CT molecular complexity index is 1060. The largest absolute Gasteiger partial charge is 0.452 e. The number of rotatable bonds is 6. The molecule has 0 bridgehead atoms. The summed E-state index contributed by atoms with van der Waals surface area (Å²) in [6.45, 7) is 2.58. The third kappa shape index (κ3) is 4.03. The first-order chi connectivity index (χ1) is 15.1. The minimum Gasteiger partial charge on any atom is -0.452 e. The van der Waals surface area contributed by atoms with E-state index in [4.69, 9.17) is 19.2 Å². The Morgan fingerprint density at radius 2 is 1.87 bits per heavy atom. The molecule has 3 aromatic rings. The van der Waals surface area contributed by atoms with E-state index >= 15 is 0 Å². The summed E-state index contributed by atoms with van der Waals surface area (Å²) in [5.74, 6) is 0.942. The van der Waals surface area contributed by atoms with Gasteiger partial charge in [0, 0.05) is 32.2 Å². The number of hydrogen-bond donors (Lipinski definition) is 0. The van der Waals surface area contributed by atoms with Gasteiger partial charge in [0.2, 0.25) is 0 Å². The maximum absolute atomic E-state index is 12.5. The van der Waals surface area contributed by atoms with Gasteiger partial charge >= 0.3 is 6.09 Å². The topological polar surface area (TPSA) is 65.8 Å². The van der Waals surface area contributed by atoms with Gasteiger partial charge < -0.3 is 18.8 Å². The van der Waals surface area contributed by atoms with Crippen LogP contribution in [-0.2, 0) is 33.6 Å². The van der Waals surface area contributed by atoms with Crippen LogP contribution in [0, 0.1) is 0 Å². The van der Waals surface area contributed by atoms with E-state index in [1.165, 1.54) is 12.7 Å². The molecule has 4 rings (SSSR count). The van der Waals surface area contributed by atoms with Gasteiger partial charge in [-0.25, -0.2) is 9.78 Å². The van der Waals surface area contributed by atoms with Crippen molar-refractivity contribution in [3.63, 3.8) is 0 Å². The first kappa shape index (κ1) is 21.3. The highest BCUT2D eigenvalue weighted by Gasteiger charge is 2.31. The molecule has 31 heavy (non-hydrogen) atoms. The summed E-state index contributed by atoms with van der Waals surface area (Å²) in [6.07, 6.45) is 1.70. The third-order valence-electron chi connectivity index (χ3n) is 6.03. The normalized spacial score (nSPS) is 16.0. The van der Waals surface area contributed by atoms with Gasteiger partial charge in [0.05, 0.1) is 30.4 Å². The first-order valence-electron chi connectivity index (χ1n) is 10.5. The molecule has 1 aliphatic rings. The van der Waals surface area contributed by atoms with E-state index in [9.17, 15) is 4.79 Å². The number of imidazole rings is 1. The summed E-state index contributed by atoms with van der Waals surface area (Å²) in [5, 5.41) is 0. The van der Waals surface area contributed by atoms with Crippen LogP contribution in [0.4, 0.5) is 10.5 Å². The lowest BCUT2D eigenvalue weighted by Gasteiger charge is -2.34. The number of methoxy groups -OCH3 is 3.